The fourth-order valence-electron chi connectivity index (χ4n) is 2.21. The van der Waals surface area contributed by atoms with Gasteiger partial charge in [-0.1, -0.05) is 17.2 Å². The van der Waals surface area contributed by atoms with Crippen molar-refractivity contribution in [1.82, 2.24) is 0 Å². The number of aromatic hydroxyl groups is 1. The number of fused-ring (bicyclic) bond motifs is 1. The summed E-state index contributed by atoms with van der Waals surface area (Å²) in [5.74, 6) is 0.256. The van der Waals surface area contributed by atoms with Gasteiger partial charge in [0.05, 0.1) is 12.1 Å². The van der Waals surface area contributed by atoms with Gasteiger partial charge >= 0.3 is 5.97 Å². The van der Waals surface area contributed by atoms with E-state index < -0.39 is 0 Å². The largest absolute Gasteiger partial charge is 0.506 e. The van der Waals surface area contributed by atoms with Gasteiger partial charge in [0.1, 0.15) is 17.2 Å². The second-order valence-electron chi connectivity index (χ2n) is 4.86. The zero-order chi connectivity index (χ0) is 15.0. The summed E-state index contributed by atoms with van der Waals surface area (Å²) in [4.78, 5) is 15.8. The second kappa shape index (κ2) is 5.22. The molecule has 0 amide bonds. The van der Waals surface area contributed by atoms with Gasteiger partial charge in [-0.25, -0.2) is 4.99 Å². The lowest BCUT2D eigenvalue weighted by molar-refractivity contribution is -0.138. The molecular weight excluding hydrogens is 290 g/mol. The number of rotatable bonds is 1. The van der Waals surface area contributed by atoms with E-state index in [4.69, 9.17) is 16.3 Å². The quantitative estimate of drug-likeness (QED) is 0.802. The van der Waals surface area contributed by atoms with Gasteiger partial charge < -0.3 is 9.84 Å². The number of aliphatic imine (C=N–C) groups is 1. The van der Waals surface area contributed by atoms with E-state index in [1.54, 1.807) is 18.2 Å². The molecule has 21 heavy (non-hydrogen) atoms. The van der Waals surface area contributed by atoms with Crippen LogP contribution in [0.5, 0.6) is 5.75 Å². The molecule has 0 bridgehead atoms. The van der Waals surface area contributed by atoms with E-state index in [1.807, 2.05) is 19.1 Å². The molecule has 2 aliphatic rings. The Morgan fingerprint density at radius 2 is 2.14 bits per heavy atom. The average molecular weight is 302 g/mol. The van der Waals surface area contributed by atoms with E-state index >= 15 is 0 Å². The van der Waals surface area contributed by atoms with Crippen molar-refractivity contribution in [1.29, 1.82) is 0 Å². The number of carbonyl (C=O) groups is 1. The molecule has 0 saturated heterocycles. The van der Waals surface area contributed by atoms with E-state index in [2.05, 4.69) is 4.99 Å². The summed E-state index contributed by atoms with van der Waals surface area (Å²) in [5, 5.41) is 10.3. The second-order valence-corrected chi connectivity index (χ2v) is 5.29. The van der Waals surface area contributed by atoms with Crippen molar-refractivity contribution in [2.45, 2.75) is 13.3 Å². The number of halogens is 1. The molecule has 1 aromatic carbocycles. The molecule has 0 atom stereocenters. The van der Waals surface area contributed by atoms with Crippen molar-refractivity contribution in [3.63, 3.8) is 0 Å². The van der Waals surface area contributed by atoms with Gasteiger partial charge in [-0.2, -0.15) is 0 Å². The van der Waals surface area contributed by atoms with Gasteiger partial charge in [0.25, 0.3) is 0 Å². The van der Waals surface area contributed by atoms with Crippen LogP contribution in [0.4, 0.5) is 5.69 Å². The van der Waals surface area contributed by atoms with Crippen LogP contribution >= 0.6 is 11.6 Å². The van der Waals surface area contributed by atoms with Gasteiger partial charge in [-0.15, -0.1) is 0 Å². The van der Waals surface area contributed by atoms with Crippen LogP contribution in [-0.2, 0) is 9.53 Å². The number of ether oxygens (including phenoxy) is 1. The van der Waals surface area contributed by atoms with Crippen molar-refractivity contribution in [3.8, 4) is 5.75 Å². The van der Waals surface area contributed by atoms with Crippen LogP contribution in [0.25, 0.3) is 0 Å². The molecule has 1 N–H and O–H groups in total. The Balaban J connectivity index is 2.01. The Hall–Kier alpha value is -2.33. The fraction of sp³-hybridized carbons (Fsp3) is 0.125. The molecular formula is C16H12ClNO3. The molecule has 1 aliphatic heterocycles. The summed E-state index contributed by atoms with van der Waals surface area (Å²) < 4.78 is 5.23. The molecule has 0 fully saturated rings. The van der Waals surface area contributed by atoms with Crippen LogP contribution < -0.4 is 0 Å². The third-order valence-corrected chi connectivity index (χ3v) is 3.48. The van der Waals surface area contributed by atoms with E-state index in [-0.39, 0.29) is 11.7 Å². The van der Waals surface area contributed by atoms with Crippen molar-refractivity contribution in [2.24, 2.45) is 4.99 Å². The van der Waals surface area contributed by atoms with Crippen molar-refractivity contribution >= 4 is 29.0 Å². The maximum absolute atomic E-state index is 11.5. The molecule has 0 aromatic heterocycles. The number of esters is 1. The van der Waals surface area contributed by atoms with Crippen LogP contribution in [0.3, 0.4) is 0 Å². The molecule has 0 saturated carbocycles. The van der Waals surface area contributed by atoms with Crippen LogP contribution in [0.1, 0.15) is 13.3 Å². The monoisotopic (exact) mass is 301 g/mol. The fourth-order valence-corrected chi connectivity index (χ4v) is 2.38. The first-order valence-corrected chi connectivity index (χ1v) is 6.78. The summed E-state index contributed by atoms with van der Waals surface area (Å²) in [7, 11) is 0. The third kappa shape index (κ3) is 2.76. The summed E-state index contributed by atoms with van der Waals surface area (Å²) in [6, 6.07) is 4.64. The van der Waals surface area contributed by atoms with Crippen molar-refractivity contribution < 1.29 is 14.6 Å². The Kier molecular flexibility index (Phi) is 3.39. The molecule has 1 aromatic rings. The van der Waals surface area contributed by atoms with E-state index in [0.29, 0.717) is 28.6 Å². The number of nitrogens with zero attached hydrogens (tertiary/aromatic N) is 1. The molecule has 1 heterocycles. The van der Waals surface area contributed by atoms with Gasteiger partial charge in [-0.05, 0) is 37.3 Å². The maximum Gasteiger partial charge on any atom is 0.315 e. The number of phenols is 1. The van der Waals surface area contributed by atoms with E-state index in [9.17, 15) is 9.90 Å². The van der Waals surface area contributed by atoms with E-state index in [1.165, 1.54) is 6.07 Å². The molecule has 0 radical (unpaired) electrons. The van der Waals surface area contributed by atoms with Crippen LogP contribution in [0.2, 0.25) is 5.02 Å². The summed E-state index contributed by atoms with van der Waals surface area (Å²) in [6.45, 7) is 1.90. The standard InChI is InChI=1S/C16H12ClNO3/c1-9-6-16(20)21-15-8-11(3-4-12(9)15)18-13-7-10(17)2-5-14(13)19/h2-5,7-8,19H,6H2,1H3. The first kappa shape index (κ1) is 13.6. The van der Waals surface area contributed by atoms with Crippen molar-refractivity contribution in [2.75, 3.05) is 0 Å². The Labute approximate surface area is 126 Å². The average Bonchev–Trinajstić information content (AvgIpc) is 2.42. The van der Waals surface area contributed by atoms with Crippen LogP contribution in [0, 0.1) is 0 Å². The summed E-state index contributed by atoms with van der Waals surface area (Å²) in [6.07, 6.45) is 5.65. The zero-order valence-electron chi connectivity index (χ0n) is 11.3. The minimum absolute atomic E-state index is 0.0388. The summed E-state index contributed by atoms with van der Waals surface area (Å²) >= 11 is 5.89. The van der Waals surface area contributed by atoms with Crippen molar-refractivity contribution in [3.05, 3.63) is 58.4 Å². The Morgan fingerprint density at radius 1 is 1.33 bits per heavy atom. The SMILES string of the molecule is CC1=C2C=CC(=Nc3cc(Cl)ccc3O)C=C2OC(=O)C1. The number of carbonyl (C=O) groups excluding carboxylic acids is 1. The lowest BCUT2D eigenvalue weighted by Gasteiger charge is -2.20. The molecule has 1 aliphatic carbocycles. The lowest BCUT2D eigenvalue weighted by Crippen LogP contribution is -2.16. The Morgan fingerprint density at radius 3 is 2.95 bits per heavy atom. The molecule has 0 spiro atoms. The molecule has 5 heteroatoms. The molecule has 4 nitrogen and oxygen atoms in total. The first-order valence-electron chi connectivity index (χ1n) is 6.41. The number of allylic oxidation sites excluding steroid dienone is 3. The predicted octanol–water partition coefficient (Wildman–Crippen LogP) is 3.84. The minimum atomic E-state index is -0.275. The van der Waals surface area contributed by atoms with Gasteiger partial charge in [0, 0.05) is 16.7 Å². The number of phenolic OH excluding ortho intramolecular Hbond substituents is 1. The molecule has 3 rings (SSSR count). The lowest BCUT2D eigenvalue weighted by atomic mass is 9.97. The van der Waals surface area contributed by atoms with E-state index in [0.717, 1.165) is 11.1 Å². The number of benzene rings is 1. The van der Waals surface area contributed by atoms with Gasteiger partial charge in [-0.3, -0.25) is 4.79 Å². The number of hydrogen-bond donors (Lipinski definition) is 1. The summed E-state index contributed by atoms with van der Waals surface area (Å²) in [5.41, 5.74) is 2.82. The Bertz CT molecular complexity index is 757. The highest BCUT2D eigenvalue weighted by Crippen LogP contribution is 2.32. The smallest absolute Gasteiger partial charge is 0.315 e. The third-order valence-electron chi connectivity index (χ3n) is 3.25. The maximum atomic E-state index is 11.5. The zero-order valence-corrected chi connectivity index (χ0v) is 12.0. The van der Waals surface area contributed by atoms with Gasteiger partial charge in [0.2, 0.25) is 0 Å². The number of hydrogen-bond acceptors (Lipinski definition) is 4. The highest BCUT2D eigenvalue weighted by Gasteiger charge is 2.22. The highest BCUT2D eigenvalue weighted by atomic mass is 35.5. The van der Waals surface area contributed by atoms with Gasteiger partial charge in [0.15, 0.2) is 0 Å². The normalized spacial score (nSPS) is 19.4. The topological polar surface area (TPSA) is 58.9 Å². The van der Waals surface area contributed by atoms with Crippen LogP contribution in [-0.4, -0.2) is 16.8 Å². The minimum Gasteiger partial charge on any atom is -0.506 e. The molecule has 0 unspecified atom stereocenters. The molecule has 106 valence electrons. The van der Waals surface area contributed by atoms with Crippen LogP contribution in [0.15, 0.2) is 58.3 Å². The highest BCUT2D eigenvalue weighted by molar-refractivity contribution is 6.31. The first-order chi connectivity index (χ1) is 10.0. The predicted molar refractivity (Wildman–Crippen MR) is 80.8 cm³/mol.